The molecule has 106 valence electrons. The molecular weight excluding hydrogens is 277 g/mol. The topological polar surface area (TPSA) is 28.2 Å². The highest BCUT2D eigenvalue weighted by molar-refractivity contribution is 6.31. The third-order valence-corrected chi connectivity index (χ3v) is 3.33. The van der Waals surface area contributed by atoms with Crippen LogP contribution in [0.3, 0.4) is 0 Å². The van der Waals surface area contributed by atoms with Crippen LogP contribution in [0, 0.1) is 5.82 Å². The molecular formula is C15H17ClFN3. The zero-order chi connectivity index (χ0) is 14.5. The summed E-state index contributed by atoms with van der Waals surface area (Å²) in [5.41, 5.74) is 1.89. The van der Waals surface area contributed by atoms with Crippen LogP contribution < -0.4 is 10.2 Å². The summed E-state index contributed by atoms with van der Waals surface area (Å²) in [7, 11) is 3.79. The number of benzene rings is 1. The number of anilines is 1. The summed E-state index contributed by atoms with van der Waals surface area (Å²) in [6.07, 6.45) is 1.64. The Morgan fingerprint density at radius 3 is 2.85 bits per heavy atom. The second-order valence-corrected chi connectivity index (χ2v) is 5.06. The Kier molecular flexibility index (Phi) is 4.93. The lowest BCUT2D eigenvalue weighted by molar-refractivity contribution is 0.625. The van der Waals surface area contributed by atoms with Crippen LogP contribution in [0.15, 0.2) is 36.5 Å². The average Bonchev–Trinajstić information content (AvgIpc) is 2.41. The van der Waals surface area contributed by atoms with Gasteiger partial charge in [0.2, 0.25) is 0 Å². The summed E-state index contributed by atoms with van der Waals surface area (Å²) in [4.78, 5) is 6.27. The Morgan fingerprint density at radius 2 is 2.15 bits per heavy atom. The van der Waals surface area contributed by atoms with Gasteiger partial charge in [0.05, 0.1) is 5.02 Å². The van der Waals surface area contributed by atoms with E-state index in [1.807, 2.05) is 31.1 Å². The smallest absolute Gasteiger partial charge is 0.128 e. The molecule has 2 aromatic rings. The van der Waals surface area contributed by atoms with Crippen LogP contribution in [0.5, 0.6) is 0 Å². The Labute approximate surface area is 123 Å². The number of halogens is 2. The molecule has 1 N–H and O–H groups in total. The van der Waals surface area contributed by atoms with E-state index >= 15 is 0 Å². The first-order valence-corrected chi connectivity index (χ1v) is 6.72. The van der Waals surface area contributed by atoms with Gasteiger partial charge in [-0.2, -0.15) is 0 Å². The van der Waals surface area contributed by atoms with Crippen molar-refractivity contribution in [2.45, 2.75) is 13.1 Å². The predicted molar refractivity (Wildman–Crippen MR) is 80.5 cm³/mol. The van der Waals surface area contributed by atoms with Crippen molar-refractivity contribution in [3.63, 3.8) is 0 Å². The van der Waals surface area contributed by atoms with Crippen LogP contribution in [0.4, 0.5) is 10.2 Å². The molecule has 2 rings (SSSR count). The largest absolute Gasteiger partial charge is 0.355 e. The summed E-state index contributed by atoms with van der Waals surface area (Å²) in [5, 5.41) is 3.71. The van der Waals surface area contributed by atoms with Gasteiger partial charge in [-0.3, -0.25) is 0 Å². The quantitative estimate of drug-likeness (QED) is 0.917. The normalized spacial score (nSPS) is 10.6. The van der Waals surface area contributed by atoms with Crippen molar-refractivity contribution in [1.29, 1.82) is 0 Å². The van der Waals surface area contributed by atoms with Crippen LogP contribution in [0.2, 0.25) is 5.02 Å². The standard InChI is InChI=1S/C15H17ClFN3/c1-18-8-12-7-15(19-9-14(12)16)20(2)10-11-4-3-5-13(17)6-11/h3-7,9,18H,8,10H2,1-2H3. The Balaban J connectivity index is 2.16. The van der Waals surface area contributed by atoms with Gasteiger partial charge in [0.25, 0.3) is 0 Å². The molecule has 0 aliphatic heterocycles. The zero-order valence-corrected chi connectivity index (χ0v) is 12.3. The molecule has 0 saturated heterocycles. The minimum Gasteiger partial charge on any atom is -0.355 e. The number of nitrogens with zero attached hydrogens (tertiary/aromatic N) is 2. The van der Waals surface area contributed by atoms with Crippen LogP contribution in [-0.2, 0) is 13.1 Å². The van der Waals surface area contributed by atoms with Crippen molar-refractivity contribution in [3.05, 3.63) is 58.5 Å². The molecule has 0 radical (unpaired) electrons. The first-order valence-electron chi connectivity index (χ1n) is 6.34. The second kappa shape index (κ2) is 6.68. The van der Waals surface area contributed by atoms with E-state index in [0.717, 1.165) is 16.9 Å². The molecule has 3 nitrogen and oxygen atoms in total. The monoisotopic (exact) mass is 293 g/mol. The van der Waals surface area contributed by atoms with Gasteiger partial charge in [-0.1, -0.05) is 23.7 Å². The van der Waals surface area contributed by atoms with E-state index in [9.17, 15) is 4.39 Å². The summed E-state index contributed by atoms with van der Waals surface area (Å²) in [5.74, 6) is 0.583. The minimum absolute atomic E-state index is 0.226. The van der Waals surface area contributed by atoms with Crippen LogP contribution in [0.1, 0.15) is 11.1 Å². The lowest BCUT2D eigenvalue weighted by atomic mass is 10.2. The van der Waals surface area contributed by atoms with E-state index in [1.165, 1.54) is 12.1 Å². The van der Waals surface area contributed by atoms with Gasteiger partial charge >= 0.3 is 0 Å². The predicted octanol–water partition coefficient (Wildman–Crippen LogP) is 3.23. The maximum atomic E-state index is 13.2. The van der Waals surface area contributed by atoms with Crippen molar-refractivity contribution < 1.29 is 4.39 Å². The molecule has 0 atom stereocenters. The van der Waals surface area contributed by atoms with Crippen molar-refractivity contribution in [2.75, 3.05) is 19.0 Å². The molecule has 0 aliphatic rings. The number of rotatable bonds is 5. The summed E-state index contributed by atoms with van der Waals surface area (Å²) in [6, 6.07) is 8.51. The van der Waals surface area contributed by atoms with Gasteiger partial charge in [0.15, 0.2) is 0 Å². The van der Waals surface area contributed by atoms with E-state index in [0.29, 0.717) is 18.1 Å². The van der Waals surface area contributed by atoms with Crippen molar-refractivity contribution in [1.82, 2.24) is 10.3 Å². The van der Waals surface area contributed by atoms with Gasteiger partial charge in [-0.05, 0) is 36.4 Å². The number of aromatic nitrogens is 1. The van der Waals surface area contributed by atoms with Gasteiger partial charge in [0, 0.05) is 26.3 Å². The fraction of sp³-hybridized carbons (Fsp3) is 0.267. The zero-order valence-electron chi connectivity index (χ0n) is 11.5. The fourth-order valence-electron chi connectivity index (χ4n) is 1.99. The highest BCUT2D eigenvalue weighted by Gasteiger charge is 2.08. The molecule has 1 aromatic carbocycles. The Morgan fingerprint density at radius 1 is 1.35 bits per heavy atom. The molecule has 0 fully saturated rings. The van der Waals surface area contributed by atoms with E-state index in [4.69, 9.17) is 11.6 Å². The van der Waals surface area contributed by atoms with Gasteiger partial charge in [0.1, 0.15) is 11.6 Å². The molecule has 0 amide bonds. The highest BCUT2D eigenvalue weighted by atomic mass is 35.5. The lowest BCUT2D eigenvalue weighted by Gasteiger charge is -2.19. The molecule has 0 saturated carbocycles. The molecule has 0 aliphatic carbocycles. The first kappa shape index (κ1) is 14.8. The maximum Gasteiger partial charge on any atom is 0.128 e. The van der Waals surface area contributed by atoms with Crippen LogP contribution in [-0.4, -0.2) is 19.1 Å². The summed E-state index contributed by atoms with van der Waals surface area (Å²) < 4.78 is 13.2. The van der Waals surface area contributed by atoms with E-state index in [2.05, 4.69) is 10.3 Å². The molecule has 0 spiro atoms. The van der Waals surface area contributed by atoms with Gasteiger partial charge < -0.3 is 10.2 Å². The molecule has 0 unspecified atom stereocenters. The number of hydrogen-bond acceptors (Lipinski definition) is 3. The van der Waals surface area contributed by atoms with Crippen molar-refractivity contribution in [3.8, 4) is 0 Å². The molecule has 0 bridgehead atoms. The van der Waals surface area contributed by atoms with Crippen molar-refractivity contribution in [2.24, 2.45) is 0 Å². The second-order valence-electron chi connectivity index (χ2n) is 4.65. The third-order valence-electron chi connectivity index (χ3n) is 2.99. The van der Waals surface area contributed by atoms with E-state index in [1.54, 1.807) is 12.3 Å². The molecule has 1 aromatic heterocycles. The summed E-state index contributed by atoms with van der Waals surface area (Å²) in [6.45, 7) is 1.27. The molecule has 1 heterocycles. The lowest BCUT2D eigenvalue weighted by Crippen LogP contribution is -2.18. The van der Waals surface area contributed by atoms with Crippen molar-refractivity contribution >= 4 is 17.4 Å². The summed E-state index contributed by atoms with van der Waals surface area (Å²) >= 11 is 6.09. The Bertz CT molecular complexity index is 589. The maximum absolute atomic E-state index is 13.2. The number of nitrogens with one attached hydrogen (secondary N) is 1. The van der Waals surface area contributed by atoms with E-state index < -0.39 is 0 Å². The van der Waals surface area contributed by atoms with Gasteiger partial charge in [-0.25, -0.2) is 9.37 Å². The minimum atomic E-state index is -0.226. The fourth-order valence-corrected chi connectivity index (χ4v) is 2.16. The first-order chi connectivity index (χ1) is 9.60. The van der Waals surface area contributed by atoms with Crippen LogP contribution >= 0.6 is 11.6 Å². The Hall–Kier alpha value is -1.65. The van der Waals surface area contributed by atoms with Gasteiger partial charge in [-0.15, -0.1) is 0 Å². The average molecular weight is 294 g/mol. The SMILES string of the molecule is CNCc1cc(N(C)Cc2cccc(F)c2)ncc1Cl. The van der Waals surface area contributed by atoms with E-state index in [-0.39, 0.29) is 5.82 Å². The van der Waals surface area contributed by atoms with Crippen LogP contribution in [0.25, 0.3) is 0 Å². The molecule has 20 heavy (non-hydrogen) atoms. The number of hydrogen-bond donors (Lipinski definition) is 1. The number of pyridine rings is 1. The highest BCUT2D eigenvalue weighted by Crippen LogP contribution is 2.21. The molecule has 5 heteroatoms. The third kappa shape index (κ3) is 3.68.